The van der Waals surface area contributed by atoms with E-state index in [1.54, 1.807) is 12.1 Å². The Kier molecular flexibility index (Phi) is 0.946. The lowest BCUT2D eigenvalue weighted by Crippen LogP contribution is -2.13. The number of nitrogens with zero attached hydrogens (tertiary/aromatic N) is 6. The molecule has 0 saturated heterocycles. The maximum Gasteiger partial charge on any atom is 0.363 e. The van der Waals surface area contributed by atoms with Gasteiger partial charge in [0.05, 0.1) is 0 Å². The van der Waals surface area contributed by atoms with Crippen LogP contribution in [0, 0.1) is 22.7 Å². The van der Waals surface area contributed by atoms with Crippen LogP contribution in [0.15, 0.2) is 20.7 Å². The molecule has 9 heavy (non-hydrogen) atoms. The molecule has 0 saturated carbocycles. The summed E-state index contributed by atoms with van der Waals surface area (Å²) in [6.07, 6.45) is 0. The summed E-state index contributed by atoms with van der Waals surface area (Å²) in [5, 5.41) is 28.9. The standard InChI is InChI=1S/C3N6/c4-1-3(2-5)6-8-9-7-3. The van der Waals surface area contributed by atoms with Gasteiger partial charge in [-0.2, -0.15) is 10.5 Å². The Labute approximate surface area is 50.1 Å². The van der Waals surface area contributed by atoms with Crippen LogP contribution in [0.5, 0.6) is 0 Å². The average Bonchev–Trinajstić information content (AvgIpc) is 2.36. The van der Waals surface area contributed by atoms with Crippen LogP contribution >= 0.6 is 0 Å². The topological polar surface area (TPSA) is 97.0 Å². The Bertz CT molecular complexity index is 220. The summed E-state index contributed by atoms with van der Waals surface area (Å²) in [6, 6.07) is 3.09. The highest BCUT2D eigenvalue weighted by molar-refractivity contribution is 5.20. The van der Waals surface area contributed by atoms with Gasteiger partial charge in [0, 0.05) is 0 Å². The van der Waals surface area contributed by atoms with Crippen LogP contribution in [0.3, 0.4) is 0 Å². The minimum absolute atomic E-state index is 1.55. The molecule has 1 aliphatic heterocycles. The average molecular weight is 120 g/mol. The number of nitriles is 2. The second-order valence-electron chi connectivity index (χ2n) is 1.27. The molecule has 0 unspecified atom stereocenters. The van der Waals surface area contributed by atoms with Gasteiger partial charge in [-0.1, -0.05) is 0 Å². The van der Waals surface area contributed by atoms with E-state index >= 15 is 0 Å². The molecule has 0 fully saturated rings. The van der Waals surface area contributed by atoms with E-state index in [0.29, 0.717) is 0 Å². The van der Waals surface area contributed by atoms with Crippen molar-refractivity contribution < 1.29 is 0 Å². The third kappa shape index (κ3) is 0.622. The summed E-state index contributed by atoms with van der Waals surface area (Å²) in [6.45, 7) is 0. The van der Waals surface area contributed by atoms with Gasteiger partial charge in [0.1, 0.15) is 12.1 Å². The molecule has 1 aliphatic rings. The Morgan fingerprint density at radius 2 is 1.44 bits per heavy atom. The highest BCUT2D eigenvalue weighted by Gasteiger charge is 2.32. The SMILES string of the molecule is N#CC1(C#N)N=NN=N1. The maximum atomic E-state index is 8.24. The van der Waals surface area contributed by atoms with Gasteiger partial charge in [-0.3, -0.25) is 0 Å². The van der Waals surface area contributed by atoms with Gasteiger partial charge in [0.25, 0.3) is 0 Å². The normalized spacial score (nSPS) is 18.9. The van der Waals surface area contributed by atoms with E-state index in [2.05, 4.69) is 20.7 Å². The van der Waals surface area contributed by atoms with E-state index in [0.717, 1.165) is 0 Å². The second kappa shape index (κ2) is 1.60. The van der Waals surface area contributed by atoms with Crippen molar-refractivity contribution in [3.05, 3.63) is 0 Å². The third-order valence-corrected chi connectivity index (χ3v) is 0.731. The van der Waals surface area contributed by atoms with Crippen LogP contribution < -0.4 is 0 Å². The zero-order valence-electron chi connectivity index (χ0n) is 4.18. The summed E-state index contributed by atoms with van der Waals surface area (Å²) < 4.78 is 0. The number of hydrogen-bond acceptors (Lipinski definition) is 6. The third-order valence-electron chi connectivity index (χ3n) is 0.731. The van der Waals surface area contributed by atoms with Crippen molar-refractivity contribution in [1.82, 2.24) is 0 Å². The molecular formula is C3N6. The largest absolute Gasteiger partial charge is 0.363 e. The van der Waals surface area contributed by atoms with Gasteiger partial charge in [-0.15, -0.1) is 10.2 Å². The van der Waals surface area contributed by atoms with Gasteiger partial charge in [0.15, 0.2) is 0 Å². The van der Waals surface area contributed by atoms with Crippen LogP contribution in [-0.2, 0) is 0 Å². The molecule has 0 aromatic heterocycles. The zero-order valence-corrected chi connectivity index (χ0v) is 4.18. The summed E-state index contributed by atoms with van der Waals surface area (Å²) >= 11 is 0. The smallest absolute Gasteiger partial charge is 0.192 e. The lowest BCUT2D eigenvalue weighted by molar-refractivity contribution is 0.718. The van der Waals surface area contributed by atoms with Crippen LogP contribution in [0.4, 0.5) is 0 Å². The molecule has 0 bridgehead atoms. The first kappa shape index (κ1) is 5.32. The fourth-order valence-corrected chi connectivity index (χ4v) is 0.304. The van der Waals surface area contributed by atoms with E-state index in [9.17, 15) is 0 Å². The Morgan fingerprint density at radius 3 is 1.67 bits per heavy atom. The molecule has 0 aliphatic carbocycles. The van der Waals surface area contributed by atoms with Crippen molar-refractivity contribution in [2.75, 3.05) is 0 Å². The van der Waals surface area contributed by atoms with Gasteiger partial charge in [-0.25, -0.2) is 0 Å². The summed E-state index contributed by atoms with van der Waals surface area (Å²) in [7, 11) is 0. The van der Waals surface area contributed by atoms with E-state index in [1.807, 2.05) is 0 Å². The van der Waals surface area contributed by atoms with Crippen molar-refractivity contribution in [3.63, 3.8) is 0 Å². The molecule has 0 amide bonds. The molecule has 0 N–H and O–H groups in total. The van der Waals surface area contributed by atoms with Crippen LogP contribution in [-0.4, -0.2) is 5.66 Å². The van der Waals surface area contributed by atoms with E-state index in [-0.39, 0.29) is 0 Å². The zero-order chi connectivity index (χ0) is 6.74. The van der Waals surface area contributed by atoms with Crippen molar-refractivity contribution in [2.24, 2.45) is 20.7 Å². The second-order valence-corrected chi connectivity index (χ2v) is 1.27. The van der Waals surface area contributed by atoms with Gasteiger partial charge in [0.2, 0.25) is 0 Å². The van der Waals surface area contributed by atoms with E-state index in [4.69, 9.17) is 10.5 Å². The monoisotopic (exact) mass is 120 g/mol. The van der Waals surface area contributed by atoms with Gasteiger partial charge in [-0.05, 0) is 10.4 Å². The first-order valence-corrected chi connectivity index (χ1v) is 1.99. The fourth-order valence-electron chi connectivity index (χ4n) is 0.304. The molecule has 6 heteroatoms. The minimum Gasteiger partial charge on any atom is -0.192 e. The fraction of sp³-hybridized carbons (Fsp3) is 0.333. The van der Waals surface area contributed by atoms with Crippen molar-refractivity contribution in [2.45, 2.75) is 5.66 Å². The molecule has 0 aromatic carbocycles. The lowest BCUT2D eigenvalue weighted by Gasteiger charge is -1.92. The highest BCUT2D eigenvalue weighted by atomic mass is 15.6. The number of hydrogen-bond donors (Lipinski definition) is 0. The molecule has 0 radical (unpaired) electrons. The van der Waals surface area contributed by atoms with Gasteiger partial charge >= 0.3 is 5.66 Å². The van der Waals surface area contributed by atoms with E-state index in [1.165, 1.54) is 0 Å². The first-order valence-electron chi connectivity index (χ1n) is 1.99. The van der Waals surface area contributed by atoms with Crippen molar-refractivity contribution in [3.8, 4) is 12.1 Å². The number of rotatable bonds is 0. The summed E-state index contributed by atoms with van der Waals surface area (Å²) in [5.74, 6) is 0. The van der Waals surface area contributed by atoms with E-state index < -0.39 is 5.66 Å². The maximum absolute atomic E-state index is 8.24. The highest BCUT2D eigenvalue weighted by Crippen LogP contribution is 2.16. The molecule has 1 rings (SSSR count). The molecular weight excluding hydrogens is 120 g/mol. The van der Waals surface area contributed by atoms with Crippen molar-refractivity contribution >= 4 is 0 Å². The summed E-state index contributed by atoms with van der Waals surface area (Å²) in [4.78, 5) is 0. The Balaban J connectivity index is 3.03. The molecule has 1 heterocycles. The first-order chi connectivity index (χ1) is 4.33. The van der Waals surface area contributed by atoms with Crippen LogP contribution in [0.2, 0.25) is 0 Å². The Hall–Kier alpha value is -1.82. The predicted molar refractivity (Wildman–Crippen MR) is 23.7 cm³/mol. The lowest BCUT2D eigenvalue weighted by atomic mass is 10.3. The molecule has 6 nitrogen and oxygen atoms in total. The van der Waals surface area contributed by atoms with Crippen molar-refractivity contribution in [1.29, 1.82) is 10.5 Å². The minimum atomic E-state index is -1.69. The molecule has 0 atom stereocenters. The predicted octanol–water partition coefficient (Wildman–Crippen LogP) is 0.563. The summed E-state index contributed by atoms with van der Waals surface area (Å²) in [5.41, 5.74) is -1.69. The molecule has 42 valence electrons. The quantitative estimate of drug-likeness (QED) is 0.466. The van der Waals surface area contributed by atoms with Crippen LogP contribution in [0.1, 0.15) is 0 Å². The molecule has 0 spiro atoms. The van der Waals surface area contributed by atoms with Crippen LogP contribution in [0.25, 0.3) is 0 Å². The Morgan fingerprint density at radius 1 is 1.00 bits per heavy atom. The van der Waals surface area contributed by atoms with Gasteiger partial charge < -0.3 is 0 Å². The molecule has 0 aromatic rings.